The number of carbonyl (C=O) groups is 1. The number of benzene rings is 2. The second-order valence-electron chi connectivity index (χ2n) is 6.62. The smallest absolute Gasteiger partial charge is 0.318 e. The fourth-order valence-electron chi connectivity index (χ4n) is 2.88. The van der Waals surface area contributed by atoms with E-state index >= 15 is 0 Å². The summed E-state index contributed by atoms with van der Waals surface area (Å²) in [7, 11) is 3.67. The molecular weight excluding hydrogens is 326 g/mol. The van der Waals surface area contributed by atoms with Crippen molar-refractivity contribution in [2.75, 3.05) is 14.1 Å². The summed E-state index contributed by atoms with van der Waals surface area (Å²) in [6.07, 6.45) is -0.420. The molecule has 3 N–H and O–H groups in total. The van der Waals surface area contributed by atoms with E-state index in [1.54, 1.807) is 4.90 Å². The predicted molar refractivity (Wildman–Crippen MR) is 105 cm³/mol. The van der Waals surface area contributed by atoms with Gasteiger partial charge in [0.15, 0.2) is 0 Å². The second-order valence-corrected chi connectivity index (χ2v) is 6.62. The summed E-state index contributed by atoms with van der Waals surface area (Å²) >= 11 is 0. The number of hydrogen-bond donors (Lipinski definition) is 3. The average Bonchev–Trinajstić information content (AvgIpc) is 2.96. The second kappa shape index (κ2) is 9.36. The van der Waals surface area contributed by atoms with Gasteiger partial charge in [-0.1, -0.05) is 60.7 Å². The lowest BCUT2D eigenvalue weighted by Crippen LogP contribution is -2.28. The zero-order chi connectivity index (χ0) is 19.1. The molecule has 0 saturated carbocycles. The summed E-state index contributed by atoms with van der Waals surface area (Å²) in [5.74, 6) is 0. The lowest BCUT2D eigenvalue weighted by Gasteiger charge is -2.18. The van der Waals surface area contributed by atoms with E-state index in [1.807, 2.05) is 81.7 Å². The Balaban J connectivity index is 0.000000190. The lowest BCUT2D eigenvalue weighted by atomic mass is 10.0. The van der Waals surface area contributed by atoms with Gasteiger partial charge in [-0.2, -0.15) is 0 Å². The van der Waals surface area contributed by atoms with Crippen LogP contribution in [0.2, 0.25) is 0 Å². The summed E-state index contributed by atoms with van der Waals surface area (Å²) in [4.78, 5) is 13.1. The minimum atomic E-state index is -0.420. The van der Waals surface area contributed by atoms with Crippen molar-refractivity contribution in [2.45, 2.75) is 38.1 Å². The van der Waals surface area contributed by atoms with Gasteiger partial charge in [-0.3, -0.25) is 0 Å². The van der Waals surface area contributed by atoms with E-state index in [4.69, 9.17) is 0 Å². The van der Waals surface area contributed by atoms with Crippen LogP contribution in [0.1, 0.15) is 37.1 Å². The molecular formula is C21H29N3O2. The van der Waals surface area contributed by atoms with E-state index in [2.05, 4.69) is 17.6 Å². The quantitative estimate of drug-likeness (QED) is 0.790. The molecule has 0 aromatic heterocycles. The molecule has 1 fully saturated rings. The Morgan fingerprint density at radius 3 is 2.08 bits per heavy atom. The van der Waals surface area contributed by atoms with Gasteiger partial charge in [-0.15, -0.1) is 0 Å². The number of likely N-dealkylation sites (N-methyl/N-ethyl adjacent to an activating group) is 2. The van der Waals surface area contributed by atoms with E-state index in [1.165, 1.54) is 0 Å². The number of rotatable bonds is 4. The van der Waals surface area contributed by atoms with Gasteiger partial charge in [0.1, 0.15) is 0 Å². The molecule has 0 radical (unpaired) electrons. The molecule has 2 aromatic carbocycles. The van der Waals surface area contributed by atoms with Crippen LogP contribution >= 0.6 is 0 Å². The molecule has 2 amide bonds. The van der Waals surface area contributed by atoms with Gasteiger partial charge in [-0.05, 0) is 32.0 Å². The number of aliphatic hydroxyl groups is 1. The van der Waals surface area contributed by atoms with Gasteiger partial charge in [0.25, 0.3) is 0 Å². The molecule has 0 aliphatic carbocycles. The molecule has 4 atom stereocenters. The van der Waals surface area contributed by atoms with Gasteiger partial charge < -0.3 is 20.6 Å². The largest absolute Gasteiger partial charge is 0.387 e. The average molecular weight is 355 g/mol. The predicted octanol–water partition coefficient (Wildman–Crippen LogP) is 3.10. The highest BCUT2D eigenvalue weighted by Gasteiger charge is 2.34. The Morgan fingerprint density at radius 2 is 1.62 bits per heavy atom. The molecule has 1 heterocycles. The van der Waals surface area contributed by atoms with E-state index in [0.29, 0.717) is 0 Å². The van der Waals surface area contributed by atoms with Crippen LogP contribution in [-0.4, -0.2) is 42.2 Å². The fourth-order valence-corrected chi connectivity index (χ4v) is 2.88. The van der Waals surface area contributed by atoms with Crippen LogP contribution in [0.4, 0.5) is 4.79 Å². The monoisotopic (exact) mass is 355 g/mol. The van der Waals surface area contributed by atoms with Crippen LogP contribution in [0.3, 0.4) is 0 Å². The Morgan fingerprint density at radius 1 is 1.08 bits per heavy atom. The summed E-state index contributed by atoms with van der Waals surface area (Å²) in [6, 6.07) is 20.1. The van der Waals surface area contributed by atoms with E-state index in [-0.39, 0.29) is 24.2 Å². The molecule has 2 aromatic rings. The van der Waals surface area contributed by atoms with Crippen LogP contribution in [0.5, 0.6) is 0 Å². The summed E-state index contributed by atoms with van der Waals surface area (Å²) < 4.78 is 0. The topological polar surface area (TPSA) is 64.6 Å². The standard InChI is InChI=1S/C11H14N2O.C10H15NO/c1-8-10(12-11(14)13(8)2)9-6-4-3-5-7-9;1-8(11-2)10(12)9-6-4-3-5-7-9/h3-8,10H,1-2H3,(H,12,14);3-8,10-12H,1-2H3. The number of hydrogen-bond acceptors (Lipinski definition) is 3. The van der Waals surface area contributed by atoms with Gasteiger partial charge >= 0.3 is 6.03 Å². The van der Waals surface area contributed by atoms with Crippen molar-refractivity contribution in [1.82, 2.24) is 15.5 Å². The third-order valence-electron chi connectivity index (χ3n) is 4.92. The Kier molecular flexibility index (Phi) is 7.18. The first-order chi connectivity index (χ1) is 12.5. The summed E-state index contributed by atoms with van der Waals surface area (Å²) in [5, 5.41) is 15.7. The molecule has 4 unspecified atom stereocenters. The van der Waals surface area contributed by atoms with Crippen LogP contribution in [0.25, 0.3) is 0 Å². The van der Waals surface area contributed by atoms with E-state index in [9.17, 15) is 9.90 Å². The zero-order valence-electron chi connectivity index (χ0n) is 15.9. The third-order valence-corrected chi connectivity index (χ3v) is 4.92. The molecule has 1 aliphatic rings. The van der Waals surface area contributed by atoms with Crippen molar-refractivity contribution in [3.63, 3.8) is 0 Å². The first-order valence-electron chi connectivity index (χ1n) is 8.94. The SMILES string of the molecule is CC1C(c2ccccc2)NC(=O)N1C.CNC(C)C(O)c1ccccc1. The molecule has 5 heteroatoms. The number of urea groups is 1. The molecule has 26 heavy (non-hydrogen) atoms. The Labute approximate surface area is 156 Å². The number of aliphatic hydroxyl groups excluding tert-OH is 1. The highest BCUT2D eigenvalue weighted by Crippen LogP contribution is 2.25. The Bertz CT molecular complexity index is 678. The van der Waals surface area contributed by atoms with Gasteiger partial charge in [0.05, 0.1) is 18.2 Å². The fraction of sp³-hybridized carbons (Fsp3) is 0.381. The first-order valence-corrected chi connectivity index (χ1v) is 8.94. The first kappa shape index (κ1) is 19.9. The molecule has 1 saturated heterocycles. The highest BCUT2D eigenvalue weighted by atomic mass is 16.3. The van der Waals surface area contributed by atoms with E-state index < -0.39 is 6.10 Å². The molecule has 5 nitrogen and oxygen atoms in total. The normalized spacial score (nSPS) is 21.4. The van der Waals surface area contributed by atoms with Crippen molar-refractivity contribution in [2.24, 2.45) is 0 Å². The maximum absolute atomic E-state index is 11.4. The van der Waals surface area contributed by atoms with Gasteiger partial charge in [-0.25, -0.2) is 4.79 Å². The van der Waals surface area contributed by atoms with Crippen molar-refractivity contribution in [3.8, 4) is 0 Å². The number of carbonyl (C=O) groups excluding carboxylic acids is 1. The van der Waals surface area contributed by atoms with Crippen molar-refractivity contribution >= 4 is 6.03 Å². The van der Waals surface area contributed by atoms with Crippen LogP contribution in [0, 0.1) is 0 Å². The minimum Gasteiger partial charge on any atom is -0.387 e. The minimum absolute atomic E-state index is 0.00588. The van der Waals surface area contributed by atoms with Gasteiger partial charge in [0, 0.05) is 13.1 Å². The zero-order valence-corrected chi connectivity index (χ0v) is 15.9. The van der Waals surface area contributed by atoms with Crippen molar-refractivity contribution in [3.05, 3.63) is 71.8 Å². The number of nitrogens with zero attached hydrogens (tertiary/aromatic N) is 1. The molecule has 1 aliphatic heterocycles. The molecule has 0 bridgehead atoms. The molecule has 3 rings (SSSR count). The van der Waals surface area contributed by atoms with Crippen LogP contribution < -0.4 is 10.6 Å². The van der Waals surface area contributed by atoms with Crippen molar-refractivity contribution in [1.29, 1.82) is 0 Å². The number of nitrogens with one attached hydrogen (secondary N) is 2. The molecule has 140 valence electrons. The van der Waals surface area contributed by atoms with Crippen LogP contribution in [0.15, 0.2) is 60.7 Å². The van der Waals surface area contributed by atoms with Crippen LogP contribution in [-0.2, 0) is 0 Å². The van der Waals surface area contributed by atoms with Gasteiger partial charge in [0.2, 0.25) is 0 Å². The maximum Gasteiger partial charge on any atom is 0.318 e. The summed E-state index contributed by atoms with van der Waals surface area (Å²) in [5.41, 5.74) is 2.12. The highest BCUT2D eigenvalue weighted by molar-refractivity contribution is 5.77. The summed E-state index contributed by atoms with van der Waals surface area (Å²) in [6.45, 7) is 4.01. The maximum atomic E-state index is 11.4. The lowest BCUT2D eigenvalue weighted by molar-refractivity contribution is 0.140. The number of amides is 2. The van der Waals surface area contributed by atoms with E-state index in [0.717, 1.165) is 11.1 Å². The van der Waals surface area contributed by atoms with Crippen molar-refractivity contribution < 1.29 is 9.90 Å². The Hall–Kier alpha value is -2.37. The molecule has 0 spiro atoms. The third kappa shape index (κ3) is 4.84.